The molecule has 0 heterocycles. The molecule has 1 aliphatic rings. The van der Waals surface area contributed by atoms with Gasteiger partial charge >= 0.3 is 0 Å². The van der Waals surface area contributed by atoms with E-state index in [9.17, 15) is 0 Å². The second kappa shape index (κ2) is 6.93. The predicted molar refractivity (Wildman–Crippen MR) is 82.3 cm³/mol. The highest BCUT2D eigenvalue weighted by atomic mass is 79.9. The van der Waals surface area contributed by atoms with Crippen molar-refractivity contribution in [3.05, 3.63) is 33.3 Å². The average molecular weight is 331 g/mol. The molecule has 0 amide bonds. The van der Waals surface area contributed by atoms with E-state index in [1.54, 1.807) is 0 Å². The van der Waals surface area contributed by atoms with E-state index in [4.69, 9.17) is 11.6 Å². The number of benzene rings is 1. The van der Waals surface area contributed by atoms with E-state index in [0.29, 0.717) is 6.04 Å². The number of nitrogens with one attached hydrogen (secondary N) is 1. The molecule has 0 aromatic heterocycles. The normalized spacial score (nSPS) is 18.2. The average Bonchev–Trinajstić information content (AvgIpc) is 2.86. The molecule has 1 nitrogen and oxygen atoms in total. The van der Waals surface area contributed by atoms with Crippen LogP contribution in [-0.4, -0.2) is 13.1 Å². The monoisotopic (exact) mass is 329 g/mol. The molecule has 1 atom stereocenters. The molecule has 0 saturated heterocycles. The van der Waals surface area contributed by atoms with Crippen LogP contribution in [0.25, 0.3) is 0 Å². The lowest BCUT2D eigenvalue weighted by Gasteiger charge is -2.23. The number of hydrogen-bond acceptors (Lipinski definition) is 1. The summed E-state index contributed by atoms with van der Waals surface area (Å²) in [4.78, 5) is 0. The molecule has 2 rings (SSSR count). The molecule has 0 bridgehead atoms. The summed E-state index contributed by atoms with van der Waals surface area (Å²) in [6.45, 7) is 0. The van der Waals surface area contributed by atoms with Crippen LogP contribution >= 0.6 is 27.5 Å². The number of rotatable bonds is 5. The Labute approximate surface area is 123 Å². The molecule has 18 heavy (non-hydrogen) atoms. The first kappa shape index (κ1) is 14.4. The van der Waals surface area contributed by atoms with E-state index in [2.05, 4.69) is 40.4 Å². The van der Waals surface area contributed by atoms with Gasteiger partial charge < -0.3 is 5.32 Å². The molecule has 100 valence electrons. The van der Waals surface area contributed by atoms with Crippen molar-refractivity contribution in [2.45, 2.75) is 44.6 Å². The van der Waals surface area contributed by atoms with Crippen molar-refractivity contribution in [3.8, 4) is 0 Å². The maximum Gasteiger partial charge on any atom is 0.0449 e. The third kappa shape index (κ3) is 3.72. The fourth-order valence-corrected chi connectivity index (χ4v) is 3.78. The van der Waals surface area contributed by atoms with Crippen molar-refractivity contribution in [3.63, 3.8) is 0 Å². The molecule has 1 aromatic rings. The molecule has 0 aliphatic heterocycles. The van der Waals surface area contributed by atoms with Gasteiger partial charge in [0, 0.05) is 15.5 Å². The van der Waals surface area contributed by atoms with Gasteiger partial charge in [-0.25, -0.2) is 0 Å². The van der Waals surface area contributed by atoms with Crippen LogP contribution in [0.1, 0.15) is 37.7 Å². The van der Waals surface area contributed by atoms with Gasteiger partial charge in [-0.1, -0.05) is 46.4 Å². The van der Waals surface area contributed by atoms with Gasteiger partial charge in [0.1, 0.15) is 0 Å². The Morgan fingerprint density at radius 1 is 1.39 bits per heavy atom. The van der Waals surface area contributed by atoms with Crippen LogP contribution in [0.5, 0.6) is 0 Å². The molecule has 1 aromatic carbocycles. The zero-order valence-corrected chi connectivity index (χ0v) is 13.2. The van der Waals surface area contributed by atoms with Crippen molar-refractivity contribution in [2.24, 2.45) is 5.92 Å². The van der Waals surface area contributed by atoms with Crippen molar-refractivity contribution >= 4 is 27.5 Å². The summed E-state index contributed by atoms with van der Waals surface area (Å²) < 4.78 is 1.05. The highest BCUT2D eigenvalue weighted by Gasteiger charge is 2.23. The van der Waals surface area contributed by atoms with Gasteiger partial charge in [-0.3, -0.25) is 0 Å². The Morgan fingerprint density at radius 2 is 2.11 bits per heavy atom. The summed E-state index contributed by atoms with van der Waals surface area (Å²) in [5.74, 6) is 0.865. The van der Waals surface area contributed by atoms with Crippen LogP contribution in [0.4, 0.5) is 0 Å². The SMILES string of the molecule is CNC(CCc1ccc(Br)cc1Cl)C1CCCC1. The second-order valence-electron chi connectivity index (χ2n) is 5.21. The van der Waals surface area contributed by atoms with E-state index in [-0.39, 0.29) is 0 Å². The Balaban J connectivity index is 1.92. The van der Waals surface area contributed by atoms with Gasteiger partial charge in [0.25, 0.3) is 0 Å². The minimum atomic E-state index is 0.646. The summed E-state index contributed by atoms with van der Waals surface area (Å²) >= 11 is 9.71. The highest BCUT2D eigenvalue weighted by molar-refractivity contribution is 9.10. The van der Waals surface area contributed by atoms with Crippen molar-refractivity contribution in [2.75, 3.05) is 7.05 Å². The summed E-state index contributed by atoms with van der Waals surface area (Å²) in [6, 6.07) is 6.84. The van der Waals surface area contributed by atoms with Crippen molar-refractivity contribution in [1.82, 2.24) is 5.32 Å². The van der Waals surface area contributed by atoms with E-state index in [1.165, 1.54) is 37.7 Å². The lowest BCUT2D eigenvalue weighted by molar-refractivity contribution is 0.360. The molecule has 1 N–H and O–H groups in total. The molecule has 1 unspecified atom stereocenters. The maximum atomic E-state index is 6.27. The Morgan fingerprint density at radius 3 is 2.72 bits per heavy atom. The fourth-order valence-electron chi connectivity index (χ4n) is 3.01. The van der Waals surface area contributed by atoms with Crippen LogP contribution in [0.15, 0.2) is 22.7 Å². The third-order valence-corrected chi connectivity index (χ3v) is 4.92. The Kier molecular flexibility index (Phi) is 5.53. The number of halogens is 2. The molecule has 0 radical (unpaired) electrons. The number of aryl methyl sites for hydroxylation is 1. The molecule has 3 heteroatoms. The zero-order valence-electron chi connectivity index (χ0n) is 10.9. The smallest absolute Gasteiger partial charge is 0.0449 e. The summed E-state index contributed by atoms with van der Waals surface area (Å²) in [5, 5.41) is 4.37. The van der Waals surface area contributed by atoms with Gasteiger partial charge in [-0.2, -0.15) is 0 Å². The summed E-state index contributed by atoms with van der Waals surface area (Å²) in [6.07, 6.45) is 7.83. The summed E-state index contributed by atoms with van der Waals surface area (Å²) in [7, 11) is 2.09. The predicted octanol–water partition coefficient (Wildman–Crippen LogP) is 4.81. The van der Waals surface area contributed by atoms with E-state index in [1.807, 2.05) is 6.07 Å². The standard InChI is InChI=1S/C15H21BrClN/c1-18-15(12-4-2-3-5-12)9-7-11-6-8-13(16)10-14(11)17/h6,8,10,12,15,18H,2-5,7,9H2,1H3. The van der Waals surface area contributed by atoms with Gasteiger partial charge in [0.05, 0.1) is 0 Å². The molecule has 1 aliphatic carbocycles. The van der Waals surface area contributed by atoms with Crippen LogP contribution in [-0.2, 0) is 6.42 Å². The van der Waals surface area contributed by atoms with E-state index in [0.717, 1.165) is 21.8 Å². The minimum absolute atomic E-state index is 0.646. The third-order valence-electron chi connectivity index (χ3n) is 4.08. The van der Waals surface area contributed by atoms with Crippen molar-refractivity contribution in [1.29, 1.82) is 0 Å². The van der Waals surface area contributed by atoms with E-state index >= 15 is 0 Å². The van der Waals surface area contributed by atoms with Gasteiger partial charge in [-0.15, -0.1) is 0 Å². The van der Waals surface area contributed by atoms with Gasteiger partial charge in [0.2, 0.25) is 0 Å². The van der Waals surface area contributed by atoms with Crippen LogP contribution in [0.3, 0.4) is 0 Å². The second-order valence-corrected chi connectivity index (χ2v) is 6.54. The van der Waals surface area contributed by atoms with E-state index < -0.39 is 0 Å². The Hall–Kier alpha value is -0.0500. The molecular formula is C15H21BrClN. The minimum Gasteiger partial charge on any atom is -0.317 e. The lowest BCUT2D eigenvalue weighted by atomic mass is 9.92. The van der Waals surface area contributed by atoms with Crippen LogP contribution < -0.4 is 5.32 Å². The molecule has 1 fully saturated rings. The first-order chi connectivity index (χ1) is 8.70. The van der Waals surface area contributed by atoms with Crippen LogP contribution in [0, 0.1) is 5.92 Å². The van der Waals surface area contributed by atoms with Gasteiger partial charge in [0.15, 0.2) is 0 Å². The molecule has 0 spiro atoms. The quantitative estimate of drug-likeness (QED) is 0.816. The summed E-state index contributed by atoms with van der Waals surface area (Å²) in [5.41, 5.74) is 1.26. The largest absolute Gasteiger partial charge is 0.317 e. The Bertz CT molecular complexity index is 388. The highest BCUT2D eigenvalue weighted by Crippen LogP contribution is 2.30. The fraction of sp³-hybridized carbons (Fsp3) is 0.600. The first-order valence-electron chi connectivity index (χ1n) is 6.82. The molecule has 1 saturated carbocycles. The topological polar surface area (TPSA) is 12.0 Å². The lowest BCUT2D eigenvalue weighted by Crippen LogP contribution is -2.32. The number of hydrogen-bond donors (Lipinski definition) is 1. The first-order valence-corrected chi connectivity index (χ1v) is 7.99. The van der Waals surface area contributed by atoms with Crippen LogP contribution in [0.2, 0.25) is 5.02 Å². The zero-order chi connectivity index (χ0) is 13.0. The van der Waals surface area contributed by atoms with Crippen molar-refractivity contribution < 1.29 is 0 Å². The maximum absolute atomic E-state index is 6.27. The van der Waals surface area contributed by atoms with Gasteiger partial charge in [-0.05, 0) is 56.3 Å². The molecular weight excluding hydrogens is 310 g/mol.